The molecule has 0 N–H and O–H groups in total. The normalized spacial score (nSPS) is 13.9. The summed E-state index contributed by atoms with van der Waals surface area (Å²) in [7, 11) is 0. The van der Waals surface area contributed by atoms with Crippen molar-refractivity contribution >= 4 is 17.1 Å². The van der Waals surface area contributed by atoms with Crippen LogP contribution in [0.1, 0.15) is 47.2 Å². The molecule has 0 unspecified atom stereocenters. The van der Waals surface area contributed by atoms with Crippen LogP contribution in [0.3, 0.4) is 0 Å². The summed E-state index contributed by atoms with van der Waals surface area (Å²) in [5.41, 5.74) is 20.5. The van der Waals surface area contributed by atoms with E-state index in [9.17, 15) is 0 Å². The fourth-order valence-electron chi connectivity index (χ4n) is 10.3. The Hall–Kier alpha value is -7.22. The van der Waals surface area contributed by atoms with Crippen molar-refractivity contribution in [3.05, 3.63) is 258 Å². The summed E-state index contributed by atoms with van der Waals surface area (Å²) >= 11 is 0. The molecule has 0 amide bonds. The van der Waals surface area contributed by atoms with Gasteiger partial charge < -0.3 is 4.90 Å². The van der Waals surface area contributed by atoms with Crippen molar-refractivity contribution in [2.45, 2.75) is 24.7 Å². The van der Waals surface area contributed by atoms with Gasteiger partial charge in [-0.3, -0.25) is 0 Å². The molecular formula is C58H43N. The van der Waals surface area contributed by atoms with E-state index in [0.717, 1.165) is 17.1 Å². The standard InChI is InChI=1S/C58H43N/c1-57(2)50-27-14-16-29-52(50)58(53-30-17-15-28-51(53)57)49-26-13-12-25-48(49)56-54(58)31-18-32-55(56)59(46-35-33-43(34-36-46)40-19-6-3-7-20-40)47-38-44(41-21-8-4-9-22-41)37-45(39-47)42-23-10-5-11-24-42/h3-39H,1-2H3. The van der Waals surface area contributed by atoms with Gasteiger partial charge in [0.05, 0.1) is 11.1 Å². The van der Waals surface area contributed by atoms with Crippen LogP contribution in [0.4, 0.5) is 17.1 Å². The van der Waals surface area contributed by atoms with Crippen molar-refractivity contribution in [3.63, 3.8) is 0 Å². The molecular weight excluding hydrogens is 711 g/mol. The number of anilines is 3. The minimum Gasteiger partial charge on any atom is -0.310 e. The molecule has 0 saturated carbocycles. The number of hydrogen-bond donors (Lipinski definition) is 0. The third kappa shape index (κ3) is 5.39. The molecule has 0 aliphatic heterocycles. The van der Waals surface area contributed by atoms with E-state index in [4.69, 9.17) is 0 Å². The van der Waals surface area contributed by atoms with E-state index in [2.05, 4.69) is 243 Å². The third-order valence-electron chi connectivity index (χ3n) is 12.9. The molecule has 9 aromatic rings. The van der Waals surface area contributed by atoms with Gasteiger partial charge in [-0.1, -0.05) is 202 Å². The molecule has 59 heavy (non-hydrogen) atoms. The zero-order valence-electron chi connectivity index (χ0n) is 33.3. The van der Waals surface area contributed by atoms with Crippen LogP contribution >= 0.6 is 0 Å². The number of fused-ring (bicyclic) bond motifs is 9. The average Bonchev–Trinajstić information content (AvgIpc) is 3.61. The van der Waals surface area contributed by atoms with E-state index >= 15 is 0 Å². The van der Waals surface area contributed by atoms with Crippen LogP contribution in [-0.2, 0) is 10.8 Å². The zero-order chi connectivity index (χ0) is 39.6. The van der Waals surface area contributed by atoms with Gasteiger partial charge in [-0.25, -0.2) is 0 Å². The van der Waals surface area contributed by atoms with E-state index in [1.165, 1.54) is 77.9 Å². The summed E-state index contributed by atoms with van der Waals surface area (Å²) in [6.07, 6.45) is 0. The maximum atomic E-state index is 2.51. The van der Waals surface area contributed by atoms with Crippen LogP contribution in [0.25, 0.3) is 44.5 Å². The molecule has 0 saturated heterocycles. The van der Waals surface area contributed by atoms with E-state index in [1.54, 1.807) is 0 Å². The second-order valence-corrected chi connectivity index (χ2v) is 16.5. The van der Waals surface area contributed by atoms with Crippen molar-refractivity contribution in [1.82, 2.24) is 0 Å². The Balaban J connectivity index is 1.22. The molecule has 0 aromatic heterocycles. The monoisotopic (exact) mass is 753 g/mol. The van der Waals surface area contributed by atoms with Crippen molar-refractivity contribution in [2.75, 3.05) is 4.90 Å². The van der Waals surface area contributed by atoms with Crippen molar-refractivity contribution < 1.29 is 0 Å². The molecule has 0 heterocycles. The second kappa shape index (κ2) is 13.7. The van der Waals surface area contributed by atoms with Crippen LogP contribution in [0.15, 0.2) is 224 Å². The first-order valence-corrected chi connectivity index (χ1v) is 20.7. The second-order valence-electron chi connectivity index (χ2n) is 16.5. The van der Waals surface area contributed by atoms with Gasteiger partial charge in [-0.15, -0.1) is 0 Å². The van der Waals surface area contributed by atoms with Gasteiger partial charge in [-0.05, 0) is 109 Å². The minimum absolute atomic E-state index is 0.161. The highest BCUT2D eigenvalue weighted by Gasteiger charge is 2.53. The number of nitrogens with zero attached hydrogens (tertiary/aromatic N) is 1. The third-order valence-corrected chi connectivity index (χ3v) is 12.9. The van der Waals surface area contributed by atoms with Gasteiger partial charge in [0, 0.05) is 22.4 Å². The summed E-state index contributed by atoms with van der Waals surface area (Å²) in [6, 6.07) is 83.0. The first-order valence-electron chi connectivity index (χ1n) is 20.7. The van der Waals surface area contributed by atoms with Gasteiger partial charge in [0.15, 0.2) is 0 Å². The van der Waals surface area contributed by atoms with Crippen molar-refractivity contribution in [1.29, 1.82) is 0 Å². The Morgan fingerprint density at radius 1 is 0.305 bits per heavy atom. The fraction of sp³-hybridized carbons (Fsp3) is 0.0690. The van der Waals surface area contributed by atoms with E-state index in [1.807, 2.05) is 0 Å². The molecule has 0 fully saturated rings. The Morgan fingerprint density at radius 2 is 0.729 bits per heavy atom. The van der Waals surface area contributed by atoms with E-state index in [-0.39, 0.29) is 5.41 Å². The number of benzene rings is 9. The maximum absolute atomic E-state index is 2.51. The molecule has 0 radical (unpaired) electrons. The maximum Gasteiger partial charge on any atom is 0.0720 e. The van der Waals surface area contributed by atoms with Crippen LogP contribution in [0.5, 0.6) is 0 Å². The molecule has 1 nitrogen and oxygen atoms in total. The van der Waals surface area contributed by atoms with Gasteiger partial charge in [0.2, 0.25) is 0 Å². The first-order chi connectivity index (χ1) is 29.0. The largest absolute Gasteiger partial charge is 0.310 e. The highest BCUT2D eigenvalue weighted by atomic mass is 15.1. The van der Waals surface area contributed by atoms with E-state index < -0.39 is 5.41 Å². The van der Waals surface area contributed by atoms with Crippen molar-refractivity contribution in [2.24, 2.45) is 0 Å². The van der Waals surface area contributed by atoms with Gasteiger partial charge in [0.25, 0.3) is 0 Å². The molecule has 0 bridgehead atoms. The van der Waals surface area contributed by atoms with E-state index in [0.29, 0.717) is 0 Å². The lowest BCUT2D eigenvalue weighted by atomic mass is 9.55. The summed E-state index contributed by atoms with van der Waals surface area (Å²) in [5.74, 6) is 0. The van der Waals surface area contributed by atoms with Crippen LogP contribution < -0.4 is 4.90 Å². The minimum atomic E-state index is -0.492. The van der Waals surface area contributed by atoms with Crippen molar-refractivity contribution in [3.8, 4) is 44.5 Å². The van der Waals surface area contributed by atoms with Gasteiger partial charge in [-0.2, -0.15) is 0 Å². The molecule has 2 aliphatic rings. The van der Waals surface area contributed by atoms with Gasteiger partial charge >= 0.3 is 0 Å². The molecule has 2 aliphatic carbocycles. The SMILES string of the molecule is CC1(C)c2ccccc2C2(c3ccccc3-c3c(N(c4ccc(-c5ccccc5)cc4)c4cc(-c5ccccc5)cc(-c5ccccc5)c4)cccc32)c2ccccc21. The molecule has 11 rings (SSSR count). The lowest BCUT2D eigenvalue weighted by Gasteiger charge is -2.46. The molecule has 9 aromatic carbocycles. The van der Waals surface area contributed by atoms with Crippen LogP contribution in [-0.4, -0.2) is 0 Å². The summed E-state index contributed by atoms with van der Waals surface area (Å²) in [5, 5.41) is 0. The Labute approximate surface area is 347 Å². The van der Waals surface area contributed by atoms with Crippen LogP contribution in [0.2, 0.25) is 0 Å². The summed E-state index contributed by atoms with van der Waals surface area (Å²) in [4.78, 5) is 2.51. The fourth-order valence-corrected chi connectivity index (χ4v) is 10.3. The highest BCUT2D eigenvalue weighted by molar-refractivity contribution is 5.99. The Kier molecular flexibility index (Phi) is 8.13. The topological polar surface area (TPSA) is 3.24 Å². The lowest BCUT2D eigenvalue weighted by Crippen LogP contribution is -2.40. The molecule has 0 atom stereocenters. The predicted molar refractivity (Wildman–Crippen MR) is 247 cm³/mol. The lowest BCUT2D eigenvalue weighted by molar-refractivity contribution is 0.563. The Morgan fingerprint density at radius 3 is 1.27 bits per heavy atom. The predicted octanol–water partition coefficient (Wildman–Crippen LogP) is 15.2. The zero-order valence-corrected chi connectivity index (χ0v) is 33.3. The summed E-state index contributed by atoms with van der Waals surface area (Å²) < 4.78 is 0. The van der Waals surface area contributed by atoms with Gasteiger partial charge in [0.1, 0.15) is 0 Å². The molecule has 1 spiro atoms. The highest BCUT2D eigenvalue weighted by Crippen LogP contribution is 2.64. The first kappa shape index (κ1) is 35.0. The molecule has 1 heteroatoms. The average molecular weight is 754 g/mol. The summed E-state index contributed by atoms with van der Waals surface area (Å²) in [6.45, 7) is 4.78. The van der Waals surface area contributed by atoms with Crippen LogP contribution in [0, 0.1) is 0 Å². The quantitative estimate of drug-likeness (QED) is 0.163. The number of hydrogen-bond acceptors (Lipinski definition) is 1. The molecule has 280 valence electrons. The smallest absolute Gasteiger partial charge is 0.0720 e. The number of rotatable bonds is 6. The Bertz CT molecular complexity index is 2890.